The van der Waals surface area contributed by atoms with Gasteiger partial charge in [-0.1, -0.05) is 37.3 Å². The lowest BCUT2D eigenvalue weighted by atomic mass is 10.1. The van der Waals surface area contributed by atoms with Crippen molar-refractivity contribution in [1.82, 2.24) is 24.5 Å². The fourth-order valence-electron chi connectivity index (χ4n) is 3.81. The van der Waals surface area contributed by atoms with Crippen LogP contribution in [-0.2, 0) is 6.54 Å². The standard InChI is InChI=1S/C21H25N5O3/c1-2-23-8-10-24(11-9-23)20(28)17-14-18-21(29)25(12-13-26(18)22-17)15-19(27)16-6-4-3-5-7-16/h3-7,14H,2,8-13,15H2,1H3. The van der Waals surface area contributed by atoms with Gasteiger partial charge in [0.15, 0.2) is 11.5 Å². The lowest BCUT2D eigenvalue weighted by Crippen LogP contribution is -2.48. The van der Waals surface area contributed by atoms with E-state index >= 15 is 0 Å². The van der Waals surface area contributed by atoms with Crippen LogP contribution in [0.1, 0.15) is 38.3 Å². The largest absolute Gasteiger partial charge is 0.335 e. The predicted molar refractivity (Wildman–Crippen MR) is 107 cm³/mol. The van der Waals surface area contributed by atoms with Gasteiger partial charge in [0.05, 0.1) is 13.1 Å². The van der Waals surface area contributed by atoms with Crippen LogP contribution in [0.4, 0.5) is 0 Å². The monoisotopic (exact) mass is 395 g/mol. The zero-order valence-corrected chi connectivity index (χ0v) is 16.6. The van der Waals surface area contributed by atoms with Gasteiger partial charge >= 0.3 is 0 Å². The van der Waals surface area contributed by atoms with Crippen molar-refractivity contribution < 1.29 is 14.4 Å². The van der Waals surface area contributed by atoms with Crippen LogP contribution in [0.25, 0.3) is 0 Å². The Hall–Kier alpha value is -3.00. The van der Waals surface area contributed by atoms with E-state index in [9.17, 15) is 14.4 Å². The molecule has 2 aliphatic heterocycles. The van der Waals surface area contributed by atoms with Crippen molar-refractivity contribution >= 4 is 17.6 Å². The third-order valence-electron chi connectivity index (χ3n) is 5.62. The minimum atomic E-state index is -0.261. The molecule has 1 saturated heterocycles. The maximum Gasteiger partial charge on any atom is 0.274 e. The molecule has 0 saturated carbocycles. The lowest BCUT2D eigenvalue weighted by Gasteiger charge is -2.33. The fraction of sp³-hybridized carbons (Fsp3) is 0.429. The number of hydrogen-bond acceptors (Lipinski definition) is 5. The molecule has 0 bridgehead atoms. The van der Waals surface area contributed by atoms with E-state index < -0.39 is 0 Å². The van der Waals surface area contributed by atoms with Crippen molar-refractivity contribution in [2.24, 2.45) is 0 Å². The average Bonchev–Trinajstić information content (AvgIpc) is 3.21. The summed E-state index contributed by atoms with van der Waals surface area (Å²) in [5.41, 5.74) is 1.25. The van der Waals surface area contributed by atoms with Crippen LogP contribution in [0.3, 0.4) is 0 Å². The first-order chi connectivity index (χ1) is 14.1. The second kappa shape index (κ2) is 8.16. The highest BCUT2D eigenvalue weighted by atomic mass is 16.2. The summed E-state index contributed by atoms with van der Waals surface area (Å²) < 4.78 is 1.58. The molecule has 0 aliphatic carbocycles. The number of Topliss-reactive ketones (excluding diaryl/α,β-unsaturated/α-hetero) is 1. The summed E-state index contributed by atoms with van der Waals surface area (Å²) in [5.74, 6) is -0.498. The Morgan fingerprint density at radius 3 is 2.41 bits per heavy atom. The number of piperazine rings is 1. The number of aromatic nitrogens is 2. The van der Waals surface area contributed by atoms with Crippen LogP contribution < -0.4 is 0 Å². The Kier molecular flexibility index (Phi) is 5.44. The van der Waals surface area contributed by atoms with E-state index in [0.29, 0.717) is 43.1 Å². The number of carbonyl (C=O) groups is 3. The quantitative estimate of drug-likeness (QED) is 0.706. The third kappa shape index (κ3) is 3.93. The minimum Gasteiger partial charge on any atom is -0.335 e. The summed E-state index contributed by atoms with van der Waals surface area (Å²) in [6, 6.07) is 10.5. The molecule has 2 aromatic rings. The van der Waals surface area contributed by atoms with Gasteiger partial charge < -0.3 is 14.7 Å². The number of nitrogens with zero attached hydrogens (tertiary/aromatic N) is 5. The molecule has 8 heteroatoms. The molecule has 0 atom stereocenters. The van der Waals surface area contributed by atoms with Gasteiger partial charge in [-0.05, 0) is 6.54 Å². The fourth-order valence-corrected chi connectivity index (χ4v) is 3.81. The highest BCUT2D eigenvalue weighted by Crippen LogP contribution is 2.17. The van der Waals surface area contributed by atoms with Crippen LogP contribution in [-0.4, -0.2) is 87.9 Å². The van der Waals surface area contributed by atoms with Gasteiger partial charge in [0.2, 0.25) is 0 Å². The molecule has 1 aromatic heterocycles. The van der Waals surface area contributed by atoms with Crippen molar-refractivity contribution in [2.45, 2.75) is 13.5 Å². The zero-order chi connectivity index (χ0) is 20.4. The summed E-state index contributed by atoms with van der Waals surface area (Å²) >= 11 is 0. The van der Waals surface area contributed by atoms with Crippen molar-refractivity contribution in [1.29, 1.82) is 0 Å². The van der Waals surface area contributed by atoms with E-state index in [1.54, 1.807) is 39.9 Å². The van der Waals surface area contributed by atoms with E-state index in [-0.39, 0.29) is 24.1 Å². The Labute approximate surface area is 169 Å². The van der Waals surface area contributed by atoms with Gasteiger partial charge in [-0.15, -0.1) is 0 Å². The first-order valence-electron chi connectivity index (χ1n) is 10.0. The van der Waals surface area contributed by atoms with Crippen molar-refractivity contribution in [2.75, 3.05) is 45.8 Å². The first kappa shape index (κ1) is 19.3. The zero-order valence-electron chi connectivity index (χ0n) is 16.6. The average molecular weight is 395 g/mol. The number of rotatable bonds is 5. The molecule has 1 aromatic carbocycles. The van der Waals surface area contributed by atoms with Crippen molar-refractivity contribution in [3.63, 3.8) is 0 Å². The SMILES string of the molecule is CCN1CCN(C(=O)c2cc3n(n2)CCN(CC(=O)c2ccccc2)C3=O)CC1. The van der Waals surface area contributed by atoms with E-state index in [1.165, 1.54) is 4.90 Å². The lowest BCUT2D eigenvalue weighted by molar-refractivity contribution is 0.0633. The molecule has 0 spiro atoms. The number of likely N-dealkylation sites (N-methyl/N-ethyl adjacent to an activating group) is 1. The van der Waals surface area contributed by atoms with Crippen LogP contribution >= 0.6 is 0 Å². The van der Waals surface area contributed by atoms with Crippen LogP contribution in [0.5, 0.6) is 0 Å². The summed E-state index contributed by atoms with van der Waals surface area (Å²) in [5, 5.41) is 4.37. The molecular formula is C21H25N5O3. The normalized spacial score (nSPS) is 17.3. The molecule has 152 valence electrons. The minimum absolute atomic E-state index is 0.0241. The van der Waals surface area contributed by atoms with Gasteiger partial charge in [-0.2, -0.15) is 5.10 Å². The highest BCUT2D eigenvalue weighted by Gasteiger charge is 2.31. The molecule has 3 heterocycles. The summed E-state index contributed by atoms with van der Waals surface area (Å²) in [6.45, 7) is 7.02. The van der Waals surface area contributed by atoms with Crippen molar-refractivity contribution in [3.05, 3.63) is 53.3 Å². The maximum atomic E-state index is 12.9. The van der Waals surface area contributed by atoms with E-state index in [0.717, 1.165) is 19.6 Å². The molecule has 8 nitrogen and oxygen atoms in total. The van der Waals surface area contributed by atoms with Crippen LogP contribution in [0.15, 0.2) is 36.4 Å². The van der Waals surface area contributed by atoms with Gasteiger partial charge in [-0.25, -0.2) is 0 Å². The van der Waals surface area contributed by atoms with Gasteiger partial charge in [0.25, 0.3) is 11.8 Å². The summed E-state index contributed by atoms with van der Waals surface area (Å²) in [6.07, 6.45) is 0. The van der Waals surface area contributed by atoms with Crippen molar-refractivity contribution in [3.8, 4) is 0 Å². The maximum absolute atomic E-state index is 12.9. The third-order valence-corrected chi connectivity index (χ3v) is 5.62. The highest BCUT2D eigenvalue weighted by molar-refractivity contribution is 6.03. The Bertz CT molecular complexity index is 916. The Morgan fingerprint density at radius 1 is 1.00 bits per heavy atom. The molecule has 0 N–H and O–H groups in total. The molecule has 0 radical (unpaired) electrons. The Morgan fingerprint density at radius 2 is 1.72 bits per heavy atom. The number of amides is 2. The molecule has 2 aliphatic rings. The molecule has 0 unspecified atom stereocenters. The summed E-state index contributed by atoms with van der Waals surface area (Å²) in [4.78, 5) is 43.8. The van der Waals surface area contributed by atoms with Crippen LogP contribution in [0.2, 0.25) is 0 Å². The van der Waals surface area contributed by atoms with Gasteiger partial charge in [0, 0.05) is 44.4 Å². The number of benzene rings is 1. The number of ketones is 1. The molecular weight excluding hydrogens is 370 g/mol. The number of carbonyl (C=O) groups excluding carboxylic acids is 3. The first-order valence-corrected chi connectivity index (χ1v) is 10.0. The van der Waals surface area contributed by atoms with Gasteiger partial charge in [0.1, 0.15) is 5.69 Å². The number of hydrogen-bond donors (Lipinski definition) is 0. The Balaban J connectivity index is 1.44. The second-order valence-electron chi connectivity index (χ2n) is 7.38. The molecule has 4 rings (SSSR count). The molecule has 2 amide bonds. The van der Waals surface area contributed by atoms with E-state index in [2.05, 4.69) is 16.9 Å². The second-order valence-corrected chi connectivity index (χ2v) is 7.38. The molecule has 29 heavy (non-hydrogen) atoms. The van der Waals surface area contributed by atoms with Gasteiger partial charge in [-0.3, -0.25) is 19.1 Å². The van der Waals surface area contributed by atoms with E-state index in [1.807, 2.05) is 6.07 Å². The molecule has 1 fully saturated rings. The van der Waals surface area contributed by atoms with E-state index in [4.69, 9.17) is 0 Å². The predicted octanol–water partition coefficient (Wildman–Crippen LogP) is 0.999. The summed E-state index contributed by atoms with van der Waals surface area (Å²) in [7, 11) is 0. The van der Waals surface area contributed by atoms with Crippen LogP contribution in [0, 0.1) is 0 Å². The smallest absolute Gasteiger partial charge is 0.274 e. The topological polar surface area (TPSA) is 78.8 Å². The number of fused-ring (bicyclic) bond motifs is 1.